The van der Waals surface area contributed by atoms with Crippen LogP contribution in [0.4, 0.5) is 0 Å². The number of carbonyl (C=O) groups is 2. The first-order valence-electron chi connectivity index (χ1n) is 6.98. The molecule has 3 N–H and O–H groups in total. The molecule has 0 aliphatic carbocycles. The fraction of sp³-hybridized carbons (Fsp3) is 0.467. The molecule has 118 valence electrons. The minimum Gasteiger partial charge on any atom is -0.356 e. The zero-order chi connectivity index (χ0) is 14.6. The summed E-state index contributed by atoms with van der Waals surface area (Å²) < 4.78 is 0. The van der Waals surface area contributed by atoms with Crippen LogP contribution in [-0.4, -0.2) is 38.5 Å². The zero-order valence-corrected chi connectivity index (χ0v) is 13.2. The predicted octanol–water partition coefficient (Wildman–Crippen LogP) is 1.34. The van der Waals surface area contributed by atoms with E-state index in [9.17, 15) is 9.59 Å². The Bertz CT molecular complexity index is 413. The van der Waals surface area contributed by atoms with E-state index in [-0.39, 0.29) is 24.2 Å². The molecule has 0 fully saturated rings. The number of rotatable bonds is 9. The molecule has 6 heteroatoms. The summed E-state index contributed by atoms with van der Waals surface area (Å²) in [4.78, 5) is 23.2. The number of halogens is 1. The SMILES string of the molecule is CNCCCNC(=O)CCCNC(=O)c1ccccc1.Cl. The first-order valence-corrected chi connectivity index (χ1v) is 6.98. The molecule has 0 bridgehead atoms. The molecule has 1 aromatic rings. The van der Waals surface area contributed by atoms with E-state index in [1.54, 1.807) is 12.1 Å². The normalized spacial score (nSPS) is 9.57. The molecular weight excluding hydrogens is 290 g/mol. The molecule has 0 radical (unpaired) electrons. The van der Waals surface area contributed by atoms with E-state index in [2.05, 4.69) is 16.0 Å². The number of carbonyl (C=O) groups excluding carboxylic acids is 2. The van der Waals surface area contributed by atoms with Gasteiger partial charge in [-0.2, -0.15) is 0 Å². The Balaban J connectivity index is 0.00000400. The summed E-state index contributed by atoms with van der Waals surface area (Å²) in [7, 11) is 1.89. The van der Waals surface area contributed by atoms with E-state index in [1.807, 2.05) is 25.2 Å². The Morgan fingerprint density at radius 2 is 1.62 bits per heavy atom. The third-order valence-electron chi connectivity index (χ3n) is 2.83. The van der Waals surface area contributed by atoms with E-state index >= 15 is 0 Å². The Morgan fingerprint density at radius 3 is 2.29 bits per heavy atom. The van der Waals surface area contributed by atoms with Crippen LogP contribution in [0.2, 0.25) is 0 Å². The maximum atomic E-state index is 11.7. The van der Waals surface area contributed by atoms with Crippen LogP contribution in [0.3, 0.4) is 0 Å². The summed E-state index contributed by atoms with van der Waals surface area (Å²) in [5, 5.41) is 8.67. The second kappa shape index (κ2) is 12.2. The number of amides is 2. The van der Waals surface area contributed by atoms with Crippen LogP contribution in [0.1, 0.15) is 29.6 Å². The van der Waals surface area contributed by atoms with Gasteiger partial charge in [-0.15, -0.1) is 12.4 Å². The van der Waals surface area contributed by atoms with E-state index in [1.165, 1.54) is 0 Å². The van der Waals surface area contributed by atoms with Gasteiger partial charge in [0, 0.05) is 25.1 Å². The van der Waals surface area contributed by atoms with Gasteiger partial charge in [-0.3, -0.25) is 9.59 Å². The van der Waals surface area contributed by atoms with Crippen molar-refractivity contribution in [3.63, 3.8) is 0 Å². The van der Waals surface area contributed by atoms with Crippen LogP contribution in [0.5, 0.6) is 0 Å². The lowest BCUT2D eigenvalue weighted by Crippen LogP contribution is -2.28. The molecule has 1 aromatic carbocycles. The summed E-state index contributed by atoms with van der Waals surface area (Å²) in [5.74, 6) is -0.0601. The lowest BCUT2D eigenvalue weighted by atomic mass is 10.2. The molecule has 0 aliphatic heterocycles. The third-order valence-corrected chi connectivity index (χ3v) is 2.83. The van der Waals surface area contributed by atoms with Crippen LogP contribution in [0.15, 0.2) is 30.3 Å². The smallest absolute Gasteiger partial charge is 0.251 e. The second-order valence-corrected chi connectivity index (χ2v) is 4.53. The largest absolute Gasteiger partial charge is 0.356 e. The Morgan fingerprint density at radius 1 is 0.952 bits per heavy atom. The molecule has 0 heterocycles. The van der Waals surface area contributed by atoms with Gasteiger partial charge in [-0.05, 0) is 38.6 Å². The van der Waals surface area contributed by atoms with Gasteiger partial charge in [0.05, 0.1) is 0 Å². The zero-order valence-electron chi connectivity index (χ0n) is 12.4. The van der Waals surface area contributed by atoms with Gasteiger partial charge in [-0.1, -0.05) is 18.2 Å². The fourth-order valence-corrected chi connectivity index (χ4v) is 1.72. The monoisotopic (exact) mass is 313 g/mol. The Labute approximate surface area is 132 Å². The molecule has 0 spiro atoms. The van der Waals surface area contributed by atoms with Crippen molar-refractivity contribution >= 4 is 24.2 Å². The molecule has 2 amide bonds. The number of hydrogen-bond acceptors (Lipinski definition) is 3. The molecule has 0 aromatic heterocycles. The first-order chi connectivity index (χ1) is 9.74. The van der Waals surface area contributed by atoms with E-state index < -0.39 is 0 Å². The average molecular weight is 314 g/mol. The molecule has 5 nitrogen and oxygen atoms in total. The summed E-state index contributed by atoms with van der Waals surface area (Å²) in [6.07, 6.45) is 2.01. The van der Waals surface area contributed by atoms with Gasteiger partial charge in [0.15, 0.2) is 0 Å². The van der Waals surface area contributed by atoms with Crippen molar-refractivity contribution in [1.82, 2.24) is 16.0 Å². The van der Waals surface area contributed by atoms with E-state index in [0.717, 1.165) is 13.0 Å². The number of hydrogen-bond donors (Lipinski definition) is 3. The van der Waals surface area contributed by atoms with Crippen molar-refractivity contribution < 1.29 is 9.59 Å². The summed E-state index contributed by atoms with van der Waals surface area (Å²) in [5.41, 5.74) is 0.643. The second-order valence-electron chi connectivity index (χ2n) is 4.53. The number of benzene rings is 1. The van der Waals surface area contributed by atoms with Crippen LogP contribution < -0.4 is 16.0 Å². The maximum absolute atomic E-state index is 11.7. The quantitative estimate of drug-likeness (QED) is 0.603. The Hall–Kier alpha value is -1.59. The highest BCUT2D eigenvalue weighted by molar-refractivity contribution is 5.94. The van der Waals surface area contributed by atoms with Gasteiger partial charge in [0.2, 0.25) is 5.91 Å². The summed E-state index contributed by atoms with van der Waals surface area (Å²) in [6.45, 7) is 2.10. The minimum atomic E-state index is -0.0972. The highest BCUT2D eigenvalue weighted by Gasteiger charge is 2.04. The molecule has 0 unspecified atom stereocenters. The van der Waals surface area contributed by atoms with Crippen LogP contribution in [0.25, 0.3) is 0 Å². The van der Waals surface area contributed by atoms with Crippen LogP contribution in [0, 0.1) is 0 Å². The van der Waals surface area contributed by atoms with E-state index in [0.29, 0.717) is 31.5 Å². The van der Waals surface area contributed by atoms with Gasteiger partial charge < -0.3 is 16.0 Å². The fourth-order valence-electron chi connectivity index (χ4n) is 1.72. The average Bonchev–Trinajstić information content (AvgIpc) is 2.49. The third kappa shape index (κ3) is 9.05. The maximum Gasteiger partial charge on any atom is 0.251 e. The predicted molar refractivity (Wildman–Crippen MR) is 86.8 cm³/mol. The lowest BCUT2D eigenvalue weighted by Gasteiger charge is -2.06. The van der Waals surface area contributed by atoms with Crippen LogP contribution >= 0.6 is 12.4 Å². The Kier molecular flexibility index (Phi) is 11.3. The molecular formula is C15H24ClN3O2. The first kappa shape index (κ1) is 19.4. The topological polar surface area (TPSA) is 70.2 Å². The van der Waals surface area contributed by atoms with Crippen molar-refractivity contribution in [2.75, 3.05) is 26.7 Å². The molecule has 21 heavy (non-hydrogen) atoms. The minimum absolute atomic E-state index is 0. The van der Waals surface area contributed by atoms with Crippen molar-refractivity contribution in [3.8, 4) is 0 Å². The van der Waals surface area contributed by atoms with E-state index in [4.69, 9.17) is 0 Å². The summed E-state index contributed by atoms with van der Waals surface area (Å²) >= 11 is 0. The highest BCUT2D eigenvalue weighted by Crippen LogP contribution is 1.98. The number of nitrogens with one attached hydrogen (secondary N) is 3. The van der Waals surface area contributed by atoms with Gasteiger partial charge >= 0.3 is 0 Å². The van der Waals surface area contributed by atoms with Crippen molar-refractivity contribution in [1.29, 1.82) is 0 Å². The molecule has 0 atom stereocenters. The molecule has 0 aliphatic rings. The molecule has 1 rings (SSSR count). The lowest BCUT2D eigenvalue weighted by molar-refractivity contribution is -0.121. The summed E-state index contributed by atoms with van der Waals surface area (Å²) in [6, 6.07) is 9.06. The molecule has 0 saturated carbocycles. The standard InChI is InChI=1S/C15H23N3O2.ClH/c1-16-10-6-12-17-14(19)9-5-11-18-15(20)13-7-3-2-4-8-13;/h2-4,7-8,16H,5-6,9-12H2,1H3,(H,17,19)(H,18,20);1H. The van der Waals surface area contributed by atoms with Crippen molar-refractivity contribution in [2.45, 2.75) is 19.3 Å². The van der Waals surface area contributed by atoms with Gasteiger partial charge in [-0.25, -0.2) is 0 Å². The molecule has 0 saturated heterocycles. The highest BCUT2D eigenvalue weighted by atomic mass is 35.5. The van der Waals surface area contributed by atoms with Crippen LogP contribution in [-0.2, 0) is 4.79 Å². The van der Waals surface area contributed by atoms with Crippen molar-refractivity contribution in [3.05, 3.63) is 35.9 Å². The van der Waals surface area contributed by atoms with Gasteiger partial charge in [0.1, 0.15) is 0 Å². The van der Waals surface area contributed by atoms with Gasteiger partial charge in [0.25, 0.3) is 5.91 Å². The van der Waals surface area contributed by atoms with Crippen molar-refractivity contribution in [2.24, 2.45) is 0 Å².